The number of nitrogens with one attached hydrogen (secondary N) is 2. The summed E-state index contributed by atoms with van der Waals surface area (Å²) in [4.78, 5) is 12.6. The van der Waals surface area contributed by atoms with Crippen LogP contribution in [0.25, 0.3) is 0 Å². The predicted octanol–water partition coefficient (Wildman–Crippen LogP) is 5.35. The van der Waals surface area contributed by atoms with Crippen LogP contribution in [0.1, 0.15) is 15.9 Å². The average molecular weight is 353 g/mol. The van der Waals surface area contributed by atoms with Crippen LogP contribution in [-0.2, 0) is 0 Å². The van der Waals surface area contributed by atoms with Crippen molar-refractivity contribution in [1.29, 1.82) is 0 Å². The van der Waals surface area contributed by atoms with E-state index in [4.69, 9.17) is 11.6 Å². The van der Waals surface area contributed by atoms with E-state index in [-0.39, 0.29) is 11.7 Å². The first kappa shape index (κ1) is 16.9. The van der Waals surface area contributed by atoms with Crippen molar-refractivity contribution in [3.05, 3.63) is 82.9 Å². The summed E-state index contributed by atoms with van der Waals surface area (Å²) in [6.07, 6.45) is 0. The second-order valence-corrected chi connectivity index (χ2v) is 5.99. The van der Waals surface area contributed by atoms with Gasteiger partial charge in [-0.25, -0.2) is 0 Å². The number of halogens is 1. The number of benzene rings is 3. The van der Waals surface area contributed by atoms with Crippen molar-refractivity contribution in [1.82, 2.24) is 0 Å². The highest BCUT2D eigenvalue weighted by molar-refractivity contribution is 6.31. The first-order valence-electron chi connectivity index (χ1n) is 7.76. The molecule has 4 nitrogen and oxygen atoms in total. The zero-order chi connectivity index (χ0) is 17.8. The van der Waals surface area contributed by atoms with Gasteiger partial charge in [0.25, 0.3) is 5.91 Å². The summed E-state index contributed by atoms with van der Waals surface area (Å²) < 4.78 is 0. The van der Waals surface area contributed by atoms with Gasteiger partial charge in [-0.15, -0.1) is 0 Å². The molecular formula is C20H17ClN2O2. The molecule has 3 aromatic rings. The number of para-hydroxylation sites is 1. The lowest BCUT2D eigenvalue weighted by Gasteiger charge is -2.14. The zero-order valence-electron chi connectivity index (χ0n) is 13.6. The fourth-order valence-corrected chi connectivity index (χ4v) is 2.60. The van der Waals surface area contributed by atoms with E-state index in [9.17, 15) is 9.90 Å². The van der Waals surface area contributed by atoms with Gasteiger partial charge in [-0.05, 0) is 61.0 Å². The maximum absolute atomic E-state index is 12.6. The molecule has 0 aliphatic rings. The van der Waals surface area contributed by atoms with Gasteiger partial charge in [0.15, 0.2) is 0 Å². The van der Waals surface area contributed by atoms with Gasteiger partial charge in [0.2, 0.25) is 0 Å². The number of phenolic OH excluding ortho intramolecular Hbond substituents is 1. The number of hydrogen-bond acceptors (Lipinski definition) is 3. The van der Waals surface area contributed by atoms with Crippen LogP contribution in [0.3, 0.4) is 0 Å². The lowest BCUT2D eigenvalue weighted by atomic mass is 10.1. The van der Waals surface area contributed by atoms with Gasteiger partial charge >= 0.3 is 0 Å². The van der Waals surface area contributed by atoms with Crippen LogP contribution in [-0.4, -0.2) is 11.0 Å². The molecule has 1 amide bonds. The molecule has 0 unspecified atom stereocenters. The number of anilines is 3. The summed E-state index contributed by atoms with van der Waals surface area (Å²) in [5, 5.41) is 16.1. The number of hydrogen-bond donors (Lipinski definition) is 3. The van der Waals surface area contributed by atoms with Gasteiger partial charge in [0.1, 0.15) is 5.75 Å². The smallest absolute Gasteiger partial charge is 0.257 e. The Morgan fingerprint density at radius 2 is 1.60 bits per heavy atom. The molecule has 3 aromatic carbocycles. The van der Waals surface area contributed by atoms with E-state index in [1.54, 1.807) is 18.2 Å². The molecule has 0 spiro atoms. The number of rotatable bonds is 4. The average Bonchev–Trinajstić information content (AvgIpc) is 2.61. The first-order chi connectivity index (χ1) is 12.0. The Balaban J connectivity index is 1.86. The molecule has 3 rings (SSSR count). The van der Waals surface area contributed by atoms with Crippen molar-refractivity contribution in [2.75, 3.05) is 10.6 Å². The summed E-state index contributed by atoms with van der Waals surface area (Å²) in [5.41, 5.74) is 3.56. The van der Waals surface area contributed by atoms with Gasteiger partial charge in [-0.3, -0.25) is 4.79 Å². The highest BCUT2D eigenvalue weighted by Crippen LogP contribution is 2.28. The van der Waals surface area contributed by atoms with E-state index < -0.39 is 0 Å². The van der Waals surface area contributed by atoms with Crippen molar-refractivity contribution < 1.29 is 9.90 Å². The van der Waals surface area contributed by atoms with Crippen LogP contribution in [0.15, 0.2) is 66.7 Å². The summed E-state index contributed by atoms with van der Waals surface area (Å²) in [7, 11) is 0. The predicted molar refractivity (Wildman–Crippen MR) is 102 cm³/mol. The lowest BCUT2D eigenvalue weighted by molar-refractivity contribution is 0.102. The van der Waals surface area contributed by atoms with Crippen molar-refractivity contribution in [2.24, 2.45) is 0 Å². The number of carbonyl (C=O) groups is 1. The minimum Gasteiger partial charge on any atom is -0.508 e. The Hall–Kier alpha value is -2.98. The van der Waals surface area contributed by atoms with Crippen LogP contribution in [0, 0.1) is 6.92 Å². The summed E-state index contributed by atoms with van der Waals surface area (Å²) in [6.45, 7) is 1.92. The van der Waals surface area contributed by atoms with Gasteiger partial charge in [-0.1, -0.05) is 29.8 Å². The second-order valence-electron chi connectivity index (χ2n) is 5.58. The van der Waals surface area contributed by atoms with Crippen LogP contribution in [0.2, 0.25) is 5.02 Å². The molecule has 0 aliphatic carbocycles. The molecule has 0 bridgehead atoms. The highest BCUT2D eigenvalue weighted by atomic mass is 35.5. The molecule has 3 N–H and O–H groups in total. The Bertz CT molecular complexity index is 908. The second kappa shape index (κ2) is 7.28. The van der Waals surface area contributed by atoms with E-state index in [0.717, 1.165) is 11.3 Å². The van der Waals surface area contributed by atoms with E-state index in [1.165, 1.54) is 12.1 Å². The van der Waals surface area contributed by atoms with Crippen LogP contribution >= 0.6 is 11.6 Å². The van der Waals surface area contributed by atoms with Crippen molar-refractivity contribution in [3.63, 3.8) is 0 Å². The van der Waals surface area contributed by atoms with Crippen LogP contribution < -0.4 is 10.6 Å². The molecule has 0 fully saturated rings. The topological polar surface area (TPSA) is 61.4 Å². The largest absolute Gasteiger partial charge is 0.508 e. The molecule has 0 radical (unpaired) electrons. The SMILES string of the molecule is Cc1c(Cl)cccc1Nc1ccccc1C(=O)Nc1ccc(O)cc1. The number of phenols is 1. The van der Waals surface area contributed by atoms with E-state index in [0.29, 0.717) is 22.0 Å². The molecule has 0 aromatic heterocycles. The van der Waals surface area contributed by atoms with Crippen molar-refractivity contribution in [2.45, 2.75) is 6.92 Å². The fourth-order valence-electron chi connectivity index (χ4n) is 2.42. The van der Waals surface area contributed by atoms with Crippen molar-refractivity contribution >= 4 is 34.6 Å². The number of carbonyl (C=O) groups excluding carboxylic acids is 1. The maximum Gasteiger partial charge on any atom is 0.257 e. The molecule has 0 saturated carbocycles. The summed E-state index contributed by atoms with van der Waals surface area (Å²) in [5.74, 6) is -0.0926. The van der Waals surface area contributed by atoms with Gasteiger partial charge < -0.3 is 15.7 Å². The van der Waals surface area contributed by atoms with Gasteiger partial charge in [0.05, 0.1) is 11.3 Å². The molecule has 0 saturated heterocycles. The number of amides is 1. The fraction of sp³-hybridized carbons (Fsp3) is 0.0500. The minimum absolute atomic E-state index is 0.150. The van der Waals surface area contributed by atoms with E-state index >= 15 is 0 Å². The molecule has 5 heteroatoms. The van der Waals surface area contributed by atoms with Gasteiger partial charge in [0, 0.05) is 16.4 Å². The third-order valence-electron chi connectivity index (χ3n) is 3.83. The van der Waals surface area contributed by atoms with E-state index in [2.05, 4.69) is 10.6 Å². The normalized spacial score (nSPS) is 10.3. The Morgan fingerprint density at radius 3 is 2.36 bits per heavy atom. The molecule has 0 atom stereocenters. The molecule has 25 heavy (non-hydrogen) atoms. The highest BCUT2D eigenvalue weighted by Gasteiger charge is 2.12. The standard InChI is InChI=1S/C20H17ClN2O2/c1-13-17(21)6-4-8-18(13)23-19-7-3-2-5-16(19)20(25)22-14-9-11-15(24)12-10-14/h2-12,23-24H,1H3,(H,22,25). The lowest BCUT2D eigenvalue weighted by Crippen LogP contribution is -2.13. The third kappa shape index (κ3) is 3.92. The van der Waals surface area contributed by atoms with Crippen LogP contribution in [0.5, 0.6) is 5.75 Å². The molecular weight excluding hydrogens is 336 g/mol. The van der Waals surface area contributed by atoms with Gasteiger partial charge in [-0.2, -0.15) is 0 Å². The third-order valence-corrected chi connectivity index (χ3v) is 4.24. The first-order valence-corrected chi connectivity index (χ1v) is 8.14. The molecule has 0 heterocycles. The quantitative estimate of drug-likeness (QED) is 0.555. The Morgan fingerprint density at radius 1 is 0.920 bits per heavy atom. The zero-order valence-corrected chi connectivity index (χ0v) is 14.3. The number of aromatic hydroxyl groups is 1. The van der Waals surface area contributed by atoms with Crippen molar-refractivity contribution in [3.8, 4) is 5.75 Å². The summed E-state index contributed by atoms with van der Waals surface area (Å²) in [6, 6.07) is 19.2. The molecule has 126 valence electrons. The van der Waals surface area contributed by atoms with E-state index in [1.807, 2.05) is 43.3 Å². The minimum atomic E-state index is -0.242. The Kier molecular flexibility index (Phi) is 4.91. The monoisotopic (exact) mass is 352 g/mol. The maximum atomic E-state index is 12.6. The molecule has 0 aliphatic heterocycles. The van der Waals surface area contributed by atoms with Crippen LogP contribution in [0.4, 0.5) is 17.1 Å². The summed E-state index contributed by atoms with van der Waals surface area (Å²) >= 11 is 6.16. The Labute approximate surface area is 151 Å².